The molecule has 4 rings (SSSR count). The number of rotatable bonds is 3. The van der Waals surface area contributed by atoms with Crippen molar-refractivity contribution in [2.45, 2.75) is 57.7 Å². The van der Waals surface area contributed by atoms with E-state index in [1.54, 1.807) is 13.0 Å². The smallest absolute Gasteiger partial charge is 0.299 e. The van der Waals surface area contributed by atoms with Crippen LogP contribution in [0.1, 0.15) is 48.9 Å². The van der Waals surface area contributed by atoms with Crippen LogP contribution in [0, 0.1) is 6.92 Å². The first kappa shape index (κ1) is 18.3. The van der Waals surface area contributed by atoms with E-state index in [1.807, 2.05) is 6.07 Å². The van der Waals surface area contributed by atoms with Gasteiger partial charge in [0, 0.05) is 23.0 Å². The molecule has 1 aliphatic heterocycles. The Morgan fingerprint density at radius 2 is 2.11 bits per heavy atom. The molecule has 4 nitrogen and oxygen atoms in total. The van der Waals surface area contributed by atoms with Crippen molar-refractivity contribution < 1.29 is 18.0 Å². The molecule has 0 saturated carbocycles. The zero-order chi connectivity index (χ0) is 19.3. The summed E-state index contributed by atoms with van der Waals surface area (Å²) in [5.41, 5.74) is 5.68. The molecule has 0 radical (unpaired) electrons. The van der Waals surface area contributed by atoms with Crippen LogP contribution in [0.4, 0.5) is 13.2 Å². The summed E-state index contributed by atoms with van der Waals surface area (Å²) in [5.74, 6) is -1.54. The van der Waals surface area contributed by atoms with Crippen LogP contribution in [0.3, 0.4) is 0 Å². The summed E-state index contributed by atoms with van der Waals surface area (Å²) in [6.45, 7) is 6.08. The van der Waals surface area contributed by atoms with Crippen molar-refractivity contribution in [2.24, 2.45) is 0 Å². The van der Waals surface area contributed by atoms with Crippen LogP contribution in [0.25, 0.3) is 10.9 Å². The number of fused-ring (bicyclic) bond motifs is 2. The van der Waals surface area contributed by atoms with Gasteiger partial charge in [0.25, 0.3) is 0 Å². The maximum atomic E-state index is 12.8. The molecule has 1 aromatic heterocycles. The van der Waals surface area contributed by atoms with Crippen LogP contribution in [0.5, 0.6) is 0 Å². The summed E-state index contributed by atoms with van der Waals surface area (Å²) in [6.07, 6.45) is -0.770. The van der Waals surface area contributed by atoms with Gasteiger partial charge in [-0.3, -0.25) is 19.8 Å². The van der Waals surface area contributed by atoms with Gasteiger partial charge in [-0.25, -0.2) is 0 Å². The van der Waals surface area contributed by atoms with Gasteiger partial charge in [0.05, 0.1) is 5.52 Å². The highest BCUT2D eigenvalue weighted by atomic mass is 19.4. The van der Waals surface area contributed by atoms with Gasteiger partial charge >= 0.3 is 12.1 Å². The number of piperidine rings is 1. The van der Waals surface area contributed by atoms with Crippen LogP contribution in [-0.4, -0.2) is 40.8 Å². The molecule has 1 N–H and O–H groups in total. The Bertz CT molecular complexity index is 885. The number of nitrogens with one attached hydrogen (secondary N) is 1. The second-order valence-electron chi connectivity index (χ2n) is 7.64. The summed E-state index contributed by atoms with van der Waals surface area (Å²) in [7, 11) is 0. The molecule has 0 bridgehead atoms. The van der Waals surface area contributed by atoms with Crippen LogP contribution in [-0.2, 0) is 11.2 Å². The fourth-order valence-electron chi connectivity index (χ4n) is 4.97. The summed E-state index contributed by atoms with van der Waals surface area (Å²) < 4.78 is 39.7. The molecule has 0 unspecified atom stereocenters. The molecular formula is C20H24F3N3O. The highest BCUT2D eigenvalue weighted by molar-refractivity contribution is 5.95. The van der Waals surface area contributed by atoms with E-state index in [4.69, 9.17) is 0 Å². The van der Waals surface area contributed by atoms with Gasteiger partial charge < -0.3 is 0 Å². The van der Waals surface area contributed by atoms with E-state index in [-0.39, 0.29) is 0 Å². The average Bonchev–Trinajstić information content (AvgIpc) is 2.89. The summed E-state index contributed by atoms with van der Waals surface area (Å²) in [5, 5.41) is 1.03. The minimum Gasteiger partial charge on any atom is -0.299 e. The third-order valence-corrected chi connectivity index (χ3v) is 6.08. The van der Waals surface area contributed by atoms with E-state index in [9.17, 15) is 18.0 Å². The molecule has 2 aliphatic rings. The van der Waals surface area contributed by atoms with E-state index < -0.39 is 12.1 Å². The number of hydrogen-bond donors (Lipinski definition) is 1. The Kier molecular flexibility index (Phi) is 4.45. The monoisotopic (exact) mass is 379 g/mol. The minimum atomic E-state index is -4.91. The molecule has 0 spiro atoms. The minimum absolute atomic E-state index is 0.379. The molecule has 1 amide bonds. The van der Waals surface area contributed by atoms with E-state index in [1.165, 1.54) is 10.2 Å². The SMILES string of the molecule is CCCN1CCC[C@@H]2c3cccc4c3c(c(C)n4NC(=O)C(F)(F)F)C[C@H]21. The maximum Gasteiger partial charge on any atom is 0.472 e. The van der Waals surface area contributed by atoms with Crippen LogP contribution in [0.2, 0.25) is 0 Å². The zero-order valence-corrected chi connectivity index (χ0v) is 15.6. The first-order chi connectivity index (χ1) is 12.8. The Balaban J connectivity index is 1.81. The van der Waals surface area contributed by atoms with Crippen molar-refractivity contribution >= 4 is 16.8 Å². The Morgan fingerprint density at radius 3 is 2.81 bits per heavy atom. The molecule has 27 heavy (non-hydrogen) atoms. The quantitative estimate of drug-likeness (QED) is 0.872. The molecule has 1 fully saturated rings. The van der Waals surface area contributed by atoms with Crippen molar-refractivity contribution in [3.05, 3.63) is 35.0 Å². The van der Waals surface area contributed by atoms with E-state index >= 15 is 0 Å². The number of alkyl halides is 3. The number of carbonyl (C=O) groups excluding carboxylic acids is 1. The standard InChI is InChI=1S/C20H24F3N3O/c1-3-9-25-10-5-7-13-14-6-4-8-16-18(14)15(11-17(13)25)12(2)26(16)24-19(27)20(21,22)23/h4,6,8,13,17H,3,5,7,9-11H2,1-2H3,(H,24,27)/t13-,17-/m1/s1. The Morgan fingerprint density at radius 1 is 1.33 bits per heavy atom. The lowest BCUT2D eigenvalue weighted by molar-refractivity contribution is -0.168. The largest absolute Gasteiger partial charge is 0.472 e. The molecule has 146 valence electrons. The van der Waals surface area contributed by atoms with E-state index in [0.29, 0.717) is 23.2 Å². The van der Waals surface area contributed by atoms with E-state index in [0.717, 1.165) is 49.7 Å². The predicted molar refractivity (Wildman–Crippen MR) is 98.4 cm³/mol. The number of amides is 1. The molecule has 1 saturated heterocycles. The van der Waals surface area contributed by atoms with Crippen molar-refractivity contribution in [3.8, 4) is 0 Å². The predicted octanol–water partition coefficient (Wildman–Crippen LogP) is 4.10. The summed E-state index contributed by atoms with van der Waals surface area (Å²) in [4.78, 5) is 14.1. The van der Waals surface area contributed by atoms with Crippen molar-refractivity contribution in [2.75, 3.05) is 18.5 Å². The number of aromatic nitrogens is 1. The normalized spacial score (nSPS) is 22.7. The molecule has 2 aromatic rings. The first-order valence-corrected chi connectivity index (χ1v) is 9.58. The van der Waals surface area contributed by atoms with Crippen LogP contribution in [0.15, 0.2) is 18.2 Å². The second-order valence-corrected chi connectivity index (χ2v) is 7.64. The lowest BCUT2D eigenvalue weighted by Gasteiger charge is -2.44. The third-order valence-electron chi connectivity index (χ3n) is 6.08. The van der Waals surface area contributed by atoms with Gasteiger partial charge in [-0.1, -0.05) is 19.1 Å². The fraction of sp³-hybridized carbons (Fsp3) is 0.550. The highest BCUT2D eigenvalue weighted by Gasteiger charge is 2.41. The number of hydrogen-bond acceptors (Lipinski definition) is 2. The van der Waals surface area contributed by atoms with Gasteiger partial charge in [0.15, 0.2) is 0 Å². The van der Waals surface area contributed by atoms with Crippen molar-refractivity contribution in [1.82, 2.24) is 9.58 Å². The second kappa shape index (κ2) is 6.55. The number of halogens is 3. The molecule has 2 heterocycles. The van der Waals surface area contributed by atoms with Gasteiger partial charge in [-0.05, 0) is 62.9 Å². The Hall–Kier alpha value is -2.02. The van der Waals surface area contributed by atoms with Crippen molar-refractivity contribution in [1.29, 1.82) is 0 Å². The number of likely N-dealkylation sites (tertiary alicyclic amines) is 1. The molecule has 2 atom stereocenters. The first-order valence-electron chi connectivity index (χ1n) is 9.58. The third kappa shape index (κ3) is 2.92. The molecular weight excluding hydrogens is 355 g/mol. The number of carbonyl (C=O) groups is 1. The topological polar surface area (TPSA) is 37.3 Å². The van der Waals surface area contributed by atoms with Crippen LogP contribution < -0.4 is 5.43 Å². The Labute approximate surface area is 156 Å². The van der Waals surface area contributed by atoms with Crippen molar-refractivity contribution in [3.63, 3.8) is 0 Å². The van der Waals surface area contributed by atoms with Crippen LogP contribution >= 0.6 is 0 Å². The average molecular weight is 379 g/mol. The van der Waals surface area contributed by atoms with Gasteiger partial charge in [-0.15, -0.1) is 0 Å². The summed E-state index contributed by atoms with van der Waals surface area (Å²) >= 11 is 0. The van der Waals surface area contributed by atoms with Gasteiger partial charge in [0.1, 0.15) is 0 Å². The molecule has 1 aliphatic carbocycles. The van der Waals surface area contributed by atoms with Gasteiger partial charge in [-0.2, -0.15) is 13.2 Å². The summed E-state index contributed by atoms with van der Waals surface area (Å²) in [6, 6.07) is 6.16. The highest BCUT2D eigenvalue weighted by Crippen LogP contribution is 2.45. The molecule has 7 heteroatoms. The van der Waals surface area contributed by atoms with Gasteiger partial charge in [0.2, 0.25) is 0 Å². The zero-order valence-electron chi connectivity index (χ0n) is 15.6. The lowest BCUT2D eigenvalue weighted by Crippen LogP contribution is -2.47. The molecule has 1 aromatic carbocycles. The lowest BCUT2D eigenvalue weighted by atomic mass is 9.74. The fourth-order valence-corrected chi connectivity index (χ4v) is 4.97. The maximum absolute atomic E-state index is 12.8. The van der Waals surface area contributed by atoms with E-state index in [2.05, 4.69) is 23.3 Å². The number of nitrogens with zero attached hydrogens (tertiary/aromatic N) is 2. The number of benzene rings is 1.